The van der Waals surface area contributed by atoms with Gasteiger partial charge in [-0.15, -0.1) is 0 Å². The van der Waals surface area contributed by atoms with Crippen molar-refractivity contribution < 1.29 is 9.59 Å². The van der Waals surface area contributed by atoms with Gasteiger partial charge in [0.05, 0.1) is 11.9 Å². The van der Waals surface area contributed by atoms with E-state index in [1.54, 1.807) is 6.20 Å². The third-order valence-electron chi connectivity index (χ3n) is 6.12. The quantitative estimate of drug-likeness (QED) is 0.660. The number of aromatic nitrogens is 1. The van der Waals surface area contributed by atoms with Crippen molar-refractivity contribution in [2.45, 2.75) is 40.5 Å². The molecule has 6 heteroatoms. The van der Waals surface area contributed by atoms with E-state index < -0.39 is 0 Å². The van der Waals surface area contributed by atoms with Crippen LogP contribution in [-0.2, 0) is 9.59 Å². The van der Waals surface area contributed by atoms with Gasteiger partial charge in [-0.25, -0.2) is 4.98 Å². The van der Waals surface area contributed by atoms with Gasteiger partial charge in [0.25, 0.3) is 0 Å². The minimum absolute atomic E-state index is 0.0599. The number of amides is 2. The lowest BCUT2D eigenvalue weighted by molar-refractivity contribution is -0.118. The molecule has 4 rings (SSSR count). The van der Waals surface area contributed by atoms with Gasteiger partial charge in [-0.2, -0.15) is 0 Å². The zero-order valence-corrected chi connectivity index (χ0v) is 17.4. The molecule has 2 saturated carbocycles. The highest BCUT2D eigenvalue weighted by Gasteiger charge is 2.51. The van der Waals surface area contributed by atoms with Gasteiger partial charge in [0, 0.05) is 23.2 Å². The van der Waals surface area contributed by atoms with Crippen LogP contribution in [0.3, 0.4) is 0 Å². The molecular formula is C23H28N4O2. The molecule has 152 valence electrons. The van der Waals surface area contributed by atoms with Crippen LogP contribution in [0.25, 0.3) is 0 Å². The van der Waals surface area contributed by atoms with Crippen LogP contribution in [0.1, 0.15) is 40.5 Å². The van der Waals surface area contributed by atoms with E-state index in [0.29, 0.717) is 11.5 Å². The fourth-order valence-electron chi connectivity index (χ4n) is 3.61. The Balaban J connectivity index is 1.30. The number of benzene rings is 1. The molecule has 3 N–H and O–H groups in total. The lowest BCUT2D eigenvalue weighted by Crippen LogP contribution is -2.16. The van der Waals surface area contributed by atoms with Crippen molar-refractivity contribution >= 4 is 34.7 Å². The van der Waals surface area contributed by atoms with E-state index in [2.05, 4.69) is 48.6 Å². The molecule has 0 spiro atoms. The summed E-state index contributed by atoms with van der Waals surface area (Å²) in [5.74, 6) is 1.03. The molecule has 1 aromatic heterocycles. The predicted molar refractivity (Wildman–Crippen MR) is 115 cm³/mol. The molecule has 2 amide bonds. The number of rotatable bonds is 6. The van der Waals surface area contributed by atoms with Gasteiger partial charge < -0.3 is 16.0 Å². The molecular weight excluding hydrogens is 364 g/mol. The SMILES string of the molecule is CC1(C)CC1C(=O)Nc1ccc(Nc2ccc(NC(=O)C3CC3(C)C)cn2)cc1. The molecule has 2 fully saturated rings. The molecule has 2 aliphatic carbocycles. The molecule has 6 nitrogen and oxygen atoms in total. The van der Waals surface area contributed by atoms with Crippen molar-refractivity contribution in [1.82, 2.24) is 4.98 Å². The maximum Gasteiger partial charge on any atom is 0.228 e. The van der Waals surface area contributed by atoms with Crippen LogP contribution in [0.4, 0.5) is 22.9 Å². The number of hydrogen-bond acceptors (Lipinski definition) is 4. The van der Waals surface area contributed by atoms with Crippen molar-refractivity contribution in [2.75, 3.05) is 16.0 Å². The largest absolute Gasteiger partial charge is 0.340 e. The minimum Gasteiger partial charge on any atom is -0.340 e. The van der Waals surface area contributed by atoms with Crippen molar-refractivity contribution in [3.63, 3.8) is 0 Å². The normalized spacial score (nSPS) is 23.0. The molecule has 1 heterocycles. The number of nitrogens with zero attached hydrogens (tertiary/aromatic N) is 1. The fourth-order valence-corrected chi connectivity index (χ4v) is 3.61. The summed E-state index contributed by atoms with van der Waals surface area (Å²) in [5, 5.41) is 9.13. The number of anilines is 4. The summed E-state index contributed by atoms with van der Waals surface area (Å²) >= 11 is 0. The predicted octanol–water partition coefficient (Wildman–Crippen LogP) is 4.79. The Hall–Kier alpha value is -2.89. The van der Waals surface area contributed by atoms with E-state index in [9.17, 15) is 9.59 Å². The summed E-state index contributed by atoms with van der Waals surface area (Å²) in [6.07, 6.45) is 3.53. The summed E-state index contributed by atoms with van der Waals surface area (Å²) in [6, 6.07) is 11.2. The van der Waals surface area contributed by atoms with Gasteiger partial charge in [-0.1, -0.05) is 27.7 Å². The van der Waals surface area contributed by atoms with Crippen LogP contribution in [-0.4, -0.2) is 16.8 Å². The minimum atomic E-state index is 0.0599. The number of carbonyl (C=O) groups is 2. The van der Waals surface area contributed by atoms with E-state index in [1.807, 2.05) is 36.4 Å². The molecule has 2 aromatic rings. The zero-order valence-electron chi connectivity index (χ0n) is 17.4. The van der Waals surface area contributed by atoms with E-state index >= 15 is 0 Å². The van der Waals surface area contributed by atoms with Crippen LogP contribution in [0.15, 0.2) is 42.6 Å². The highest BCUT2D eigenvalue weighted by atomic mass is 16.2. The molecule has 1 aromatic carbocycles. The van der Waals surface area contributed by atoms with E-state index in [1.165, 1.54) is 0 Å². The van der Waals surface area contributed by atoms with Crippen LogP contribution in [0.5, 0.6) is 0 Å². The number of nitrogens with one attached hydrogen (secondary N) is 3. The second kappa shape index (κ2) is 6.87. The Bertz CT molecular complexity index is 855. The molecule has 0 saturated heterocycles. The van der Waals surface area contributed by atoms with E-state index in [4.69, 9.17) is 0 Å². The Kier molecular flexibility index (Phi) is 4.60. The van der Waals surface area contributed by atoms with Gasteiger partial charge >= 0.3 is 0 Å². The van der Waals surface area contributed by atoms with Crippen molar-refractivity contribution in [1.29, 1.82) is 0 Å². The molecule has 2 atom stereocenters. The van der Waals surface area contributed by atoms with Gasteiger partial charge in [0.15, 0.2) is 0 Å². The first kappa shape index (κ1) is 19.4. The number of carbonyl (C=O) groups excluding carboxylic acids is 2. The molecule has 0 radical (unpaired) electrons. The maximum absolute atomic E-state index is 12.2. The van der Waals surface area contributed by atoms with Crippen LogP contribution in [0.2, 0.25) is 0 Å². The number of pyridine rings is 1. The molecule has 2 unspecified atom stereocenters. The van der Waals surface area contributed by atoms with E-state index in [0.717, 1.165) is 24.2 Å². The first-order valence-corrected chi connectivity index (χ1v) is 10.1. The van der Waals surface area contributed by atoms with Crippen LogP contribution < -0.4 is 16.0 Å². The molecule has 0 aliphatic heterocycles. The van der Waals surface area contributed by atoms with Crippen molar-refractivity contribution in [3.8, 4) is 0 Å². The van der Waals surface area contributed by atoms with Crippen molar-refractivity contribution in [2.24, 2.45) is 22.7 Å². The summed E-state index contributed by atoms with van der Waals surface area (Å²) in [7, 11) is 0. The van der Waals surface area contributed by atoms with Crippen LogP contribution in [0, 0.1) is 22.7 Å². The van der Waals surface area contributed by atoms with E-state index in [-0.39, 0.29) is 34.5 Å². The maximum atomic E-state index is 12.2. The monoisotopic (exact) mass is 392 g/mol. The smallest absolute Gasteiger partial charge is 0.228 e. The average Bonchev–Trinajstić information content (AvgIpc) is 3.52. The average molecular weight is 393 g/mol. The summed E-state index contributed by atoms with van der Waals surface area (Å²) in [5.41, 5.74) is 2.59. The Morgan fingerprint density at radius 2 is 1.24 bits per heavy atom. The third kappa shape index (κ3) is 4.42. The Morgan fingerprint density at radius 1 is 0.793 bits per heavy atom. The van der Waals surface area contributed by atoms with Gasteiger partial charge in [0.1, 0.15) is 5.82 Å². The third-order valence-corrected chi connectivity index (χ3v) is 6.12. The highest BCUT2D eigenvalue weighted by molar-refractivity contribution is 5.95. The van der Waals surface area contributed by atoms with Crippen LogP contribution >= 0.6 is 0 Å². The topological polar surface area (TPSA) is 83.1 Å². The first-order valence-electron chi connectivity index (χ1n) is 10.1. The second-order valence-corrected chi connectivity index (χ2v) is 9.60. The summed E-state index contributed by atoms with van der Waals surface area (Å²) in [4.78, 5) is 28.7. The highest BCUT2D eigenvalue weighted by Crippen LogP contribution is 2.52. The lowest BCUT2D eigenvalue weighted by atomic mass is 10.1. The molecule has 29 heavy (non-hydrogen) atoms. The first-order chi connectivity index (χ1) is 13.6. The van der Waals surface area contributed by atoms with Gasteiger partial charge in [0.2, 0.25) is 11.8 Å². The standard InChI is InChI=1S/C23H28N4O2/c1-22(2)11-17(22)20(28)26-15-7-5-14(6-8-15)25-19-10-9-16(13-24-19)27-21(29)18-12-23(18,3)4/h5-10,13,17-18H,11-12H2,1-4H3,(H,24,25)(H,26,28)(H,27,29). The lowest BCUT2D eigenvalue weighted by Gasteiger charge is -2.10. The summed E-state index contributed by atoms with van der Waals surface area (Å²) < 4.78 is 0. The Labute approximate surface area is 171 Å². The number of hydrogen-bond donors (Lipinski definition) is 3. The zero-order chi connectivity index (χ0) is 20.8. The fraction of sp³-hybridized carbons (Fsp3) is 0.435. The molecule has 0 bridgehead atoms. The van der Waals surface area contributed by atoms with Gasteiger partial charge in [-0.3, -0.25) is 9.59 Å². The summed E-state index contributed by atoms with van der Waals surface area (Å²) in [6.45, 7) is 8.43. The van der Waals surface area contributed by atoms with Crippen molar-refractivity contribution in [3.05, 3.63) is 42.6 Å². The second-order valence-electron chi connectivity index (χ2n) is 9.60. The Morgan fingerprint density at radius 3 is 1.69 bits per heavy atom. The molecule has 2 aliphatic rings. The van der Waals surface area contributed by atoms with Gasteiger partial charge in [-0.05, 0) is 60.1 Å².